The van der Waals surface area contributed by atoms with Gasteiger partial charge in [0.15, 0.2) is 0 Å². The van der Waals surface area contributed by atoms with E-state index in [1.807, 2.05) is 14.1 Å². The van der Waals surface area contributed by atoms with Gasteiger partial charge in [0.1, 0.15) is 0 Å². The second-order valence-corrected chi connectivity index (χ2v) is 5.40. The summed E-state index contributed by atoms with van der Waals surface area (Å²) >= 11 is 0. The van der Waals surface area contributed by atoms with Gasteiger partial charge in [-0.25, -0.2) is 0 Å². The summed E-state index contributed by atoms with van der Waals surface area (Å²) in [5, 5.41) is 6.23. The molecule has 1 fully saturated rings. The zero-order valence-corrected chi connectivity index (χ0v) is 11.9. The third-order valence-electron chi connectivity index (χ3n) is 3.17. The van der Waals surface area contributed by atoms with Gasteiger partial charge in [0.25, 0.3) is 0 Å². The number of hydrogen-bond acceptors (Lipinski definition) is 4. The number of amides is 1. The van der Waals surface area contributed by atoms with Gasteiger partial charge in [0, 0.05) is 19.6 Å². The molecule has 2 unspecified atom stereocenters. The van der Waals surface area contributed by atoms with Gasteiger partial charge in [-0.15, -0.1) is 0 Å². The first kappa shape index (κ1) is 15.4. The monoisotopic (exact) mass is 257 g/mol. The Bertz CT molecular complexity index is 246. The Hall–Kier alpha value is -0.650. The molecular formula is C13H27N3O2. The predicted molar refractivity (Wildman–Crippen MR) is 72.5 cm³/mol. The number of ether oxygens (including phenoxy) is 1. The first-order chi connectivity index (χ1) is 8.59. The maximum atomic E-state index is 11.9. The average molecular weight is 257 g/mol. The molecule has 0 spiro atoms. The van der Waals surface area contributed by atoms with Crippen molar-refractivity contribution in [2.75, 3.05) is 53.5 Å². The van der Waals surface area contributed by atoms with Crippen LogP contribution in [0.15, 0.2) is 0 Å². The highest BCUT2D eigenvalue weighted by Crippen LogP contribution is 2.15. The lowest BCUT2D eigenvalue weighted by Gasteiger charge is -2.26. The van der Waals surface area contributed by atoms with Crippen molar-refractivity contribution < 1.29 is 9.53 Å². The number of likely N-dealkylation sites (N-methyl/N-ethyl adjacent to an activating group) is 1. The van der Waals surface area contributed by atoms with Crippen molar-refractivity contribution in [2.24, 2.45) is 11.8 Å². The number of carbonyl (C=O) groups excluding carboxylic acids is 1. The quantitative estimate of drug-likeness (QED) is 0.627. The molecule has 0 bridgehead atoms. The minimum absolute atomic E-state index is 0.121. The summed E-state index contributed by atoms with van der Waals surface area (Å²) in [4.78, 5) is 13.9. The first-order valence-corrected chi connectivity index (χ1v) is 6.80. The van der Waals surface area contributed by atoms with E-state index in [2.05, 4.69) is 22.5 Å². The fourth-order valence-electron chi connectivity index (χ4n) is 2.10. The molecule has 106 valence electrons. The predicted octanol–water partition coefficient (Wildman–Crippen LogP) is -0.0736. The smallest absolute Gasteiger partial charge is 0.224 e. The zero-order valence-electron chi connectivity index (χ0n) is 11.9. The topological polar surface area (TPSA) is 53.6 Å². The Morgan fingerprint density at radius 2 is 2.17 bits per heavy atom. The minimum atomic E-state index is 0.121. The van der Waals surface area contributed by atoms with E-state index in [1.165, 1.54) is 0 Å². The molecular weight excluding hydrogens is 230 g/mol. The average Bonchev–Trinajstić information content (AvgIpc) is 2.33. The third-order valence-corrected chi connectivity index (χ3v) is 3.17. The summed E-state index contributed by atoms with van der Waals surface area (Å²) in [7, 11) is 4.03. The van der Waals surface area contributed by atoms with Gasteiger partial charge in [-0.2, -0.15) is 0 Å². The van der Waals surface area contributed by atoms with Gasteiger partial charge in [0.05, 0.1) is 19.1 Å². The maximum Gasteiger partial charge on any atom is 0.224 e. The highest BCUT2D eigenvalue weighted by atomic mass is 16.5. The summed E-state index contributed by atoms with van der Waals surface area (Å²) in [5.41, 5.74) is 0. The zero-order chi connectivity index (χ0) is 13.4. The van der Waals surface area contributed by atoms with Crippen LogP contribution in [0.4, 0.5) is 0 Å². The lowest BCUT2D eigenvalue weighted by Crippen LogP contribution is -2.44. The van der Waals surface area contributed by atoms with E-state index in [1.54, 1.807) is 0 Å². The highest BCUT2D eigenvalue weighted by Gasteiger charge is 2.24. The number of nitrogens with one attached hydrogen (secondary N) is 2. The van der Waals surface area contributed by atoms with Crippen LogP contribution in [0.3, 0.4) is 0 Å². The molecule has 0 aromatic carbocycles. The number of nitrogens with zero attached hydrogens (tertiary/aromatic N) is 1. The second-order valence-electron chi connectivity index (χ2n) is 5.40. The fraction of sp³-hybridized carbons (Fsp3) is 0.923. The lowest BCUT2D eigenvalue weighted by atomic mass is 9.91. The molecule has 1 heterocycles. The largest absolute Gasteiger partial charge is 0.378 e. The molecule has 0 saturated carbocycles. The molecule has 5 nitrogen and oxygen atoms in total. The Morgan fingerprint density at radius 1 is 1.39 bits per heavy atom. The van der Waals surface area contributed by atoms with E-state index in [-0.39, 0.29) is 11.8 Å². The third kappa shape index (κ3) is 6.33. The second kappa shape index (κ2) is 8.45. The summed E-state index contributed by atoms with van der Waals surface area (Å²) in [6.07, 6.45) is 0.986. The number of piperidine rings is 1. The van der Waals surface area contributed by atoms with E-state index < -0.39 is 0 Å². The van der Waals surface area contributed by atoms with Gasteiger partial charge in [0.2, 0.25) is 5.91 Å². The molecule has 5 heteroatoms. The summed E-state index contributed by atoms with van der Waals surface area (Å²) < 4.78 is 5.43. The SMILES string of the molecule is CC1CNCC(C(=O)NCCOCCN(C)C)C1. The van der Waals surface area contributed by atoms with Crippen LogP contribution < -0.4 is 10.6 Å². The maximum absolute atomic E-state index is 11.9. The molecule has 1 rings (SSSR count). The first-order valence-electron chi connectivity index (χ1n) is 6.80. The number of rotatable bonds is 7. The van der Waals surface area contributed by atoms with Crippen LogP contribution in [-0.4, -0.2) is 64.3 Å². The fourth-order valence-corrected chi connectivity index (χ4v) is 2.10. The standard InChI is InChI=1S/C13H27N3O2/c1-11-8-12(10-14-9-11)13(17)15-4-6-18-7-5-16(2)3/h11-12,14H,4-10H2,1-3H3,(H,15,17). The summed E-state index contributed by atoms with van der Waals surface area (Å²) in [5.74, 6) is 0.867. The van der Waals surface area contributed by atoms with Gasteiger partial charge >= 0.3 is 0 Å². The van der Waals surface area contributed by atoms with Gasteiger partial charge in [-0.05, 0) is 33.0 Å². The van der Waals surface area contributed by atoms with Crippen molar-refractivity contribution >= 4 is 5.91 Å². The van der Waals surface area contributed by atoms with Gasteiger partial charge in [-0.1, -0.05) is 6.92 Å². The van der Waals surface area contributed by atoms with Crippen molar-refractivity contribution in [3.63, 3.8) is 0 Å². The minimum Gasteiger partial charge on any atom is -0.378 e. The van der Waals surface area contributed by atoms with Crippen LogP contribution in [0.5, 0.6) is 0 Å². The summed E-state index contributed by atoms with van der Waals surface area (Å²) in [6.45, 7) is 6.83. The Kier molecular flexibility index (Phi) is 7.23. The van der Waals surface area contributed by atoms with Gasteiger partial charge in [-0.3, -0.25) is 4.79 Å². The van der Waals surface area contributed by atoms with Crippen LogP contribution in [0.25, 0.3) is 0 Å². The van der Waals surface area contributed by atoms with E-state index in [4.69, 9.17) is 4.74 Å². The van der Waals surface area contributed by atoms with Crippen LogP contribution in [0.2, 0.25) is 0 Å². The van der Waals surface area contributed by atoms with Gasteiger partial charge < -0.3 is 20.3 Å². The molecule has 0 aliphatic carbocycles. The highest BCUT2D eigenvalue weighted by molar-refractivity contribution is 5.78. The Balaban J connectivity index is 2.02. The molecule has 2 atom stereocenters. The molecule has 0 aromatic rings. The van der Waals surface area contributed by atoms with Crippen molar-refractivity contribution in [3.05, 3.63) is 0 Å². The van der Waals surface area contributed by atoms with Crippen LogP contribution >= 0.6 is 0 Å². The summed E-state index contributed by atoms with van der Waals surface area (Å²) in [6, 6.07) is 0. The van der Waals surface area contributed by atoms with Crippen LogP contribution in [-0.2, 0) is 9.53 Å². The van der Waals surface area contributed by atoms with Crippen molar-refractivity contribution in [3.8, 4) is 0 Å². The molecule has 1 saturated heterocycles. The molecule has 0 aromatic heterocycles. The molecule has 0 radical (unpaired) electrons. The van der Waals surface area contributed by atoms with Crippen LogP contribution in [0.1, 0.15) is 13.3 Å². The van der Waals surface area contributed by atoms with E-state index in [9.17, 15) is 4.79 Å². The molecule has 2 N–H and O–H groups in total. The molecule has 1 aliphatic rings. The Morgan fingerprint density at radius 3 is 2.83 bits per heavy atom. The molecule has 1 amide bonds. The van der Waals surface area contributed by atoms with E-state index >= 15 is 0 Å². The lowest BCUT2D eigenvalue weighted by molar-refractivity contribution is -0.126. The van der Waals surface area contributed by atoms with E-state index in [0.717, 1.165) is 26.1 Å². The Labute approximate surface area is 110 Å². The van der Waals surface area contributed by atoms with Crippen molar-refractivity contribution in [1.82, 2.24) is 15.5 Å². The van der Waals surface area contributed by atoms with Crippen molar-refractivity contribution in [1.29, 1.82) is 0 Å². The normalized spacial score (nSPS) is 24.2. The molecule has 18 heavy (non-hydrogen) atoms. The number of hydrogen-bond donors (Lipinski definition) is 2. The molecule has 1 aliphatic heterocycles. The van der Waals surface area contributed by atoms with E-state index in [0.29, 0.717) is 25.7 Å². The van der Waals surface area contributed by atoms with Crippen LogP contribution in [0, 0.1) is 11.8 Å². The van der Waals surface area contributed by atoms with Crippen molar-refractivity contribution in [2.45, 2.75) is 13.3 Å². The number of carbonyl (C=O) groups is 1.